The molecule has 0 saturated carbocycles. The summed E-state index contributed by atoms with van der Waals surface area (Å²) in [6.45, 7) is 3.48. The van der Waals surface area contributed by atoms with Crippen LogP contribution in [0, 0.1) is 10.1 Å². The van der Waals surface area contributed by atoms with E-state index in [1.165, 1.54) is 24.3 Å². The minimum absolute atomic E-state index is 0.0370. The second kappa shape index (κ2) is 6.92. The highest BCUT2D eigenvalue weighted by Crippen LogP contribution is 2.33. The summed E-state index contributed by atoms with van der Waals surface area (Å²) in [6, 6.07) is 2.62. The second-order valence-corrected chi connectivity index (χ2v) is 4.13. The zero-order chi connectivity index (χ0) is 14.4. The van der Waals surface area contributed by atoms with Crippen molar-refractivity contribution in [3.05, 3.63) is 56.6 Å². The highest BCUT2D eigenvalue weighted by Gasteiger charge is 2.16. The standard InChI is InChI=1S/C12H9Cl2NO4/c1-2-5-19-11(16)4-3-8-6-9(13)12(14)10(7-8)15(17)18/h2-4,6-7H,1,5H2/b4-3+. The fourth-order valence-electron chi connectivity index (χ4n) is 1.18. The summed E-state index contributed by atoms with van der Waals surface area (Å²) < 4.78 is 4.71. The van der Waals surface area contributed by atoms with Gasteiger partial charge in [0.25, 0.3) is 5.69 Å². The number of nitrogens with zero attached hydrogens (tertiary/aromatic N) is 1. The van der Waals surface area contributed by atoms with Gasteiger partial charge in [-0.25, -0.2) is 4.79 Å². The van der Waals surface area contributed by atoms with E-state index in [4.69, 9.17) is 27.9 Å². The summed E-state index contributed by atoms with van der Waals surface area (Å²) in [5.74, 6) is -0.589. The zero-order valence-corrected chi connectivity index (χ0v) is 11.1. The van der Waals surface area contributed by atoms with E-state index in [0.717, 1.165) is 6.08 Å². The van der Waals surface area contributed by atoms with Gasteiger partial charge in [0, 0.05) is 12.1 Å². The van der Waals surface area contributed by atoms with Crippen LogP contribution in [0.15, 0.2) is 30.9 Å². The van der Waals surface area contributed by atoms with Crippen molar-refractivity contribution in [2.75, 3.05) is 6.61 Å². The molecule has 0 bridgehead atoms. The first kappa shape index (κ1) is 15.2. The van der Waals surface area contributed by atoms with Crippen LogP contribution >= 0.6 is 23.2 Å². The van der Waals surface area contributed by atoms with Crippen LogP contribution in [0.4, 0.5) is 5.69 Å². The molecule has 100 valence electrons. The third kappa shape index (κ3) is 4.39. The van der Waals surface area contributed by atoms with Gasteiger partial charge in [-0.05, 0) is 17.7 Å². The van der Waals surface area contributed by atoms with Crippen LogP contribution in [0.25, 0.3) is 6.08 Å². The average molecular weight is 302 g/mol. The lowest BCUT2D eigenvalue weighted by atomic mass is 10.2. The smallest absolute Gasteiger partial charge is 0.331 e. The molecule has 0 unspecified atom stereocenters. The Hall–Kier alpha value is -1.85. The van der Waals surface area contributed by atoms with Crippen LogP contribution in [0.1, 0.15) is 5.56 Å². The van der Waals surface area contributed by atoms with Gasteiger partial charge in [0.2, 0.25) is 0 Å². The fraction of sp³-hybridized carbons (Fsp3) is 0.0833. The van der Waals surface area contributed by atoms with E-state index >= 15 is 0 Å². The Morgan fingerprint density at radius 3 is 2.74 bits per heavy atom. The highest BCUT2D eigenvalue weighted by molar-refractivity contribution is 6.43. The number of benzene rings is 1. The van der Waals surface area contributed by atoms with Crippen LogP contribution in [0.2, 0.25) is 10.0 Å². The van der Waals surface area contributed by atoms with Gasteiger partial charge < -0.3 is 4.74 Å². The van der Waals surface area contributed by atoms with Crippen molar-refractivity contribution in [1.29, 1.82) is 0 Å². The van der Waals surface area contributed by atoms with Gasteiger partial charge >= 0.3 is 5.97 Å². The molecule has 1 rings (SSSR count). The van der Waals surface area contributed by atoms with Gasteiger partial charge in [-0.1, -0.05) is 35.9 Å². The maximum absolute atomic E-state index is 11.2. The van der Waals surface area contributed by atoms with Gasteiger partial charge in [0.05, 0.1) is 9.95 Å². The number of nitro benzene ring substituents is 1. The molecular weight excluding hydrogens is 293 g/mol. The second-order valence-electron chi connectivity index (χ2n) is 3.34. The number of nitro groups is 1. The fourth-order valence-corrected chi connectivity index (χ4v) is 1.58. The molecular formula is C12H9Cl2NO4. The predicted octanol–water partition coefficient (Wildman–Crippen LogP) is 3.64. The Morgan fingerprint density at radius 2 is 2.16 bits per heavy atom. The van der Waals surface area contributed by atoms with Crippen molar-refractivity contribution in [1.82, 2.24) is 0 Å². The molecule has 5 nitrogen and oxygen atoms in total. The number of hydrogen-bond acceptors (Lipinski definition) is 4. The predicted molar refractivity (Wildman–Crippen MR) is 73.3 cm³/mol. The van der Waals surface area contributed by atoms with Gasteiger partial charge in [0.15, 0.2) is 0 Å². The molecule has 1 aromatic carbocycles. The minimum Gasteiger partial charge on any atom is -0.458 e. The summed E-state index contributed by atoms with van der Waals surface area (Å²) in [5.41, 5.74) is 0.0462. The third-order valence-corrected chi connectivity index (χ3v) is 2.78. The summed E-state index contributed by atoms with van der Waals surface area (Å²) in [7, 11) is 0. The van der Waals surface area contributed by atoms with Crippen molar-refractivity contribution < 1.29 is 14.5 Å². The lowest BCUT2D eigenvalue weighted by Crippen LogP contribution is -1.99. The summed E-state index contributed by atoms with van der Waals surface area (Å²) in [6.07, 6.45) is 3.91. The topological polar surface area (TPSA) is 69.4 Å². The van der Waals surface area contributed by atoms with Crippen molar-refractivity contribution >= 4 is 40.9 Å². The molecule has 0 N–H and O–H groups in total. The highest BCUT2D eigenvalue weighted by atomic mass is 35.5. The minimum atomic E-state index is -0.651. The van der Waals surface area contributed by atoms with Crippen molar-refractivity contribution in [2.45, 2.75) is 0 Å². The van der Waals surface area contributed by atoms with Gasteiger partial charge in [-0.3, -0.25) is 10.1 Å². The van der Waals surface area contributed by atoms with Crippen molar-refractivity contribution in [2.24, 2.45) is 0 Å². The average Bonchev–Trinajstić information content (AvgIpc) is 2.37. The number of halogens is 2. The normalized spacial score (nSPS) is 10.4. The first-order valence-electron chi connectivity index (χ1n) is 5.05. The van der Waals surface area contributed by atoms with Crippen molar-refractivity contribution in [3.63, 3.8) is 0 Å². The van der Waals surface area contributed by atoms with E-state index in [2.05, 4.69) is 6.58 Å². The first-order chi connectivity index (χ1) is 8.95. The van der Waals surface area contributed by atoms with E-state index in [-0.39, 0.29) is 22.3 Å². The molecule has 0 amide bonds. The molecule has 0 atom stereocenters. The van der Waals surface area contributed by atoms with Crippen molar-refractivity contribution in [3.8, 4) is 0 Å². The van der Waals surface area contributed by atoms with Crippen LogP contribution < -0.4 is 0 Å². The molecule has 0 aliphatic heterocycles. The quantitative estimate of drug-likeness (QED) is 0.274. The van der Waals surface area contributed by atoms with Crippen LogP contribution in [0.5, 0.6) is 0 Å². The van der Waals surface area contributed by atoms with E-state index in [1.807, 2.05) is 0 Å². The lowest BCUT2D eigenvalue weighted by molar-refractivity contribution is -0.384. The van der Waals surface area contributed by atoms with Crippen LogP contribution in [0.3, 0.4) is 0 Å². The SMILES string of the molecule is C=CCOC(=O)/C=C/c1cc(Cl)c(Cl)c([N+](=O)[O-])c1. The molecule has 0 fully saturated rings. The molecule has 19 heavy (non-hydrogen) atoms. The molecule has 0 aliphatic rings. The lowest BCUT2D eigenvalue weighted by Gasteiger charge is -2.00. The van der Waals surface area contributed by atoms with E-state index in [1.54, 1.807) is 0 Å². The molecule has 7 heteroatoms. The van der Waals surface area contributed by atoms with Gasteiger partial charge in [-0.15, -0.1) is 0 Å². The molecule has 0 heterocycles. The van der Waals surface area contributed by atoms with Crippen LogP contribution in [-0.4, -0.2) is 17.5 Å². The Labute approximate surface area is 119 Å². The molecule has 0 aliphatic carbocycles. The number of esters is 1. The first-order valence-corrected chi connectivity index (χ1v) is 5.80. The number of carbonyl (C=O) groups is 1. The van der Waals surface area contributed by atoms with Gasteiger partial charge in [0.1, 0.15) is 11.6 Å². The van der Waals surface area contributed by atoms with Gasteiger partial charge in [-0.2, -0.15) is 0 Å². The molecule has 0 spiro atoms. The number of carbonyl (C=O) groups excluding carboxylic acids is 1. The summed E-state index contributed by atoms with van der Waals surface area (Å²) in [5, 5.41) is 10.6. The maximum Gasteiger partial charge on any atom is 0.331 e. The molecule has 0 radical (unpaired) electrons. The van der Waals surface area contributed by atoms with Crippen LogP contribution in [-0.2, 0) is 9.53 Å². The Bertz CT molecular complexity index is 555. The van der Waals surface area contributed by atoms with E-state index in [0.29, 0.717) is 5.56 Å². The third-order valence-electron chi connectivity index (χ3n) is 1.98. The largest absolute Gasteiger partial charge is 0.458 e. The summed E-state index contributed by atoms with van der Waals surface area (Å²) in [4.78, 5) is 21.3. The Morgan fingerprint density at radius 1 is 1.47 bits per heavy atom. The zero-order valence-electron chi connectivity index (χ0n) is 9.64. The Balaban J connectivity index is 2.96. The van der Waals surface area contributed by atoms with E-state index < -0.39 is 10.9 Å². The number of ether oxygens (including phenoxy) is 1. The molecule has 1 aromatic rings. The number of rotatable bonds is 5. The monoisotopic (exact) mass is 301 g/mol. The number of hydrogen-bond donors (Lipinski definition) is 0. The maximum atomic E-state index is 11.2. The Kier molecular flexibility index (Phi) is 5.54. The van der Waals surface area contributed by atoms with E-state index in [9.17, 15) is 14.9 Å². The summed E-state index contributed by atoms with van der Waals surface area (Å²) >= 11 is 11.5. The molecule has 0 saturated heterocycles. The molecule has 0 aromatic heterocycles.